The fourth-order valence-corrected chi connectivity index (χ4v) is 4.89. The zero-order chi connectivity index (χ0) is 21.8. The highest BCUT2D eigenvalue weighted by molar-refractivity contribution is 7.99. The summed E-state index contributed by atoms with van der Waals surface area (Å²) < 4.78 is 12.4. The van der Waals surface area contributed by atoms with Crippen LogP contribution in [0.2, 0.25) is 0 Å². The predicted molar refractivity (Wildman–Crippen MR) is 116 cm³/mol. The average molecular weight is 446 g/mol. The Labute approximate surface area is 185 Å². The zero-order valence-corrected chi connectivity index (χ0v) is 18.6. The largest absolute Gasteiger partial charge is 0.467 e. The van der Waals surface area contributed by atoms with Crippen molar-refractivity contribution in [2.75, 3.05) is 44.1 Å². The molecular formula is C21H27N5O4S. The molecule has 1 atom stereocenters. The number of amides is 1. The van der Waals surface area contributed by atoms with Crippen molar-refractivity contribution in [2.45, 2.75) is 37.6 Å². The number of benzene rings is 1. The number of thioether (sulfide) groups is 1. The number of morpholine rings is 1. The molecule has 2 aromatic rings. The van der Waals surface area contributed by atoms with Crippen molar-refractivity contribution in [1.82, 2.24) is 19.7 Å². The maximum absolute atomic E-state index is 13.1. The molecule has 1 aromatic heterocycles. The highest BCUT2D eigenvalue weighted by Crippen LogP contribution is 2.27. The van der Waals surface area contributed by atoms with E-state index in [0.717, 1.165) is 30.2 Å². The Kier molecular flexibility index (Phi) is 6.77. The second-order valence-electron chi connectivity index (χ2n) is 7.45. The minimum absolute atomic E-state index is 0.117. The van der Waals surface area contributed by atoms with Crippen molar-refractivity contribution >= 4 is 29.6 Å². The van der Waals surface area contributed by atoms with Gasteiger partial charge in [0.2, 0.25) is 11.9 Å². The standard InChI is InChI=1S/C21H27N5O4S/c1-3-25-20(24-8-10-30-11-9-24)22-23-21(25)31-14-18(27)26-13-16-7-5-4-6-15(16)12-17(26)19(28)29-2/h4-7,17H,3,8-14H2,1-2H3. The highest BCUT2D eigenvalue weighted by Gasteiger charge is 2.35. The smallest absolute Gasteiger partial charge is 0.328 e. The number of nitrogens with zero attached hydrogens (tertiary/aromatic N) is 5. The van der Waals surface area contributed by atoms with Crippen LogP contribution in [0.25, 0.3) is 0 Å². The molecular weight excluding hydrogens is 418 g/mol. The molecule has 0 saturated carbocycles. The van der Waals surface area contributed by atoms with Gasteiger partial charge in [-0.15, -0.1) is 10.2 Å². The third kappa shape index (κ3) is 4.54. The molecule has 10 heteroatoms. The van der Waals surface area contributed by atoms with Crippen LogP contribution in [0.1, 0.15) is 18.1 Å². The summed E-state index contributed by atoms with van der Waals surface area (Å²) in [6.45, 7) is 6.03. The summed E-state index contributed by atoms with van der Waals surface area (Å²) in [5.41, 5.74) is 2.14. The molecule has 0 aliphatic carbocycles. The summed E-state index contributed by atoms with van der Waals surface area (Å²) >= 11 is 1.35. The van der Waals surface area contributed by atoms with E-state index >= 15 is 0 Å². The quantitative estimate of drug-likeness (QED) is 0.486. The number of carbonyl (C=O) groups is 2. The van der Waals surface area contributed by atoms with Gasteiger partial charge in [0.1, 0.15) is 6.04 Å². The van der Waals surface area contributed by atoms with E-state index in [-0.39, 0.29) is 17.6 Å². The summed E-state index contributed by atoms with van der Waals surface area (Å²) in [6.07, 6.45) is 0.464. The van der Waals surface area contributed by atoms with Gasteiger partial charge in [-0.3, -0.25) is 9.36 Å². The lowest BCUT2D eigenvalue weighted by Crippen LogP contribution is -2.49. The number of esters is 1. The van der Waals surface area contributed by atoms with Crippen LogP contribution in [0.4, 0.5) is 5.95 Å². The molecule has 1 aromatic carbocycles. The zero-order valence-electron chi connectivity index (χ0n) is 17.8. The highest BCUT2D eigenvalue weighted by atomic mass is 32.2. The number of anilines is 1. The SMILES string of the molecule is CCn1c(SCC(=O)N2Cc3ccccc3CC2C(=O)OC)nnc1N1CCOCC1. The monoisotopic (exact) mass is 445 g/mol. The van der Waals surface area contributed by atoms with Gasteiger partial charge in [-0.25, -0.2) is 4.79 Å². The first-order valence-electron chi connectivity index (χ1n) is 10.4. The molecule has 31 heavy (non-hydrogen) atoms. The maximum atomic E-state index is 13.1. The second-order valence-corrected chi connectivity index (χ2v) is 8.39. The molecule has 2 aliphatic rings. The first-order chi connectivity index (χ1) is 15.1. The molecule has 2 aliphatic heterocycles. The van der Waals surface area contributed by atoms with Crippen molar-refractivity contribution in [3.05, 3.63) is 35.4 Å². The van der Waals surface area contributed by atoms with Gasteiger partial charge in [-0.2, -0.15) is 0 Å². The minimum Gasteiger partial charge on any atom is -0.467 e. The number of hydrogen-bond acceptors (Lipinski definition) is 8. The number of rotatable bonds is 6. The topological polar surface area (TPSA) is 89.8 Å². The summed E-state index contributed by atoms with van der Waals surface area (Å²) in [5, 5.41) is 9.37. The summed E-state index contributed by atoms with van der Waals surface area (Å²) in [4.78, 5) is 29.3. The van der Waals surface area contributed by atoms with Crippen molar-refractivity contribution < 1.29 is 19.1 Å². The lowest BCUT2D eigenvalue weighted by Gasteiger charge is -2.35. The van der Waals surface area contributed by atoms with Gasteiger partial charge < -0.3 is 19.3 Å². The Balaban J connectivity index is 1.47. The molecule has 0 bridgehead atoms. The van der Waals surface area contributed by atoms with Crippen LogP contribution in [-0.4, -0.2) is 76.7 Å². The molecule has 9 nitrogen and oxygen atoms in total. The van der Waals surface area contributed by atoms with Crippen molar-refractivity contribution in [3.8, 4) is 0 Å². The Bertz CT molecular complexity index is 944. The van der Waals surface area contributed by atoms with Gasteiger partial charge in [-0.05, 0) is 18.1 Å². The van der Waals surface area contributed by atoms with E-state index < -0.39 is 6.04 Å². The first-order valence-corrected chi connectivity index (χ1v) is 11.4. The number of fused-ring (bicyclic) bond motifs is 1. The third-order valence-electron chi connectivity index (χ3n) is 5.67. The lowest BCUT2D eigenvalue weighted by molar-refractivity contribution is -0.153. The van der Waals surface area contributed by atoms with Crippen LogP contribution in [0.15, 0.2) is 29.4 Å². The molecule has 0 radical (unpaired) electrons. The number of carbonyl (C=O) groups excluding carboxylic acids is 2. The minimum atomic E-state index is -0.610. The van der Waals surface area contributed by atoms with Crippen molar-refractivity contribution in [2.24, 2.45) is 0 Å². The van der Waals surface area contributed by atoms with Crippen molar-refractivity contribution in [1.29, 1.82) is 0 Å². The second kappa shape index (κ2) is 9.69. The Morgan fingerprint density at radius 1 is 1.19 bits per heavy atom. The van der Waals surface area contributed by atoms with E-state index in [1.807, 2.05) is 35.8 Å². The molecule has 1 amide bonds. The Morgan fingerprint density at radius 3 is 2.65 bits per heavy atom. The molecule has 1 fully saturated rings. The van der Waals surface area contributed by atoms with E-state index in [0.29, 0.717) is 37.9 Å². The van der Waals surface area contributed by atoms with Crippen LogP contribution >= 0.6 is 11.8 Å². The fourth-order valence-electron chi connectivity index (χ4n) is 4.00. The van der Waals surface area contributed by atoms with Gasteiger partial charge in [0.15, 0.2) is 5.16 Å². The van der Waals surface area contributed by atoms with Gasteiger partial charge in [0.25, 0.3) is 0 Å². The molecule has 166 valence electrons. The molecule has 1 unspecified atom stereocenters. The Morgan fingerprint density at radius 2 is 1.94 bits per heavy atom. The molecule has 4 rings (SSSR count). The molecule has 0 N–H and O–H groups in total. The van der Waals surface area contributed by atoms with Gasteiger partial charge in [0, 0.05) is 32.6 Å². The predicted octanol–water partition coefficient (Wildman–Crippen LogP) is 1.35. The van der Waals surface area contributed by atoms with Gasteiger partial charge in [0.05, 0.1) is 26.1 Å². The van der Waals surface area contributed by atoms with Crippen LogP contribution in [0.5, 0.6) is 0 Å². The summed E-state index contributed by atoms with van der Waals surface area (Å²) in [7, 11) is 1.36. The van der Waals surface area contributed by atoms with E-state index in [1.54, 1.807) is 4.90 Å². The van der Waals surface area contributed by atoms with E-state index in [1.165, 1.54) is 18.9 Å². The number of ether oxygens (including phenoxy) is 2. The fraction of sp³-hybridized carbons (Fsp3) is 0.524. The summed E-state index contributed by atoms with van der Waals surface area (Å²) in [5.74, 6) is 0.476. The normalized spacial score (nSPS) is 18.6. The first kappa shape index (κ1) is 21.6. The number of hydrogen-bond donors (Lipinski definition) is 0. The van der Waals surface area contributed by atoms with Gasteiger partial charge >= 0.3 is 5.97 Å². The van der Waals surface area contributed by atoms with Crippen molar-refractivity contribution in [3.63, 3.8) is 0 Å². The van der Waals surface area contributed by atoms with E-state index in [9.17, 15) is 9.59 Å². The number of aromatic nitrogens is 3. The van der Waals surface area contributed by atoms with E-state index in [2.05, 4.69) is 15.1 Å². The van der Waals surface area contributed by atoms with Crippen LogP contribution in [0.3, 0.4) is 0 Å². The summed E-state index contributed by atoms with van der Waals surface area (Å²) in [6, 6.07) is 7.29. The average Bonchev–Trinajstić information content (AvgIpc) is 3.24. The molecule has 0 spiro atoms. The van der Waals surface area contributed by atoms with E-state index in [4.69, 9.17) is 9.47 Å². The lowest BCUT2D eigenvalue weighted by atomic mass is 9.94. The molecule has 1 saturated heterocycles. The maximum Gasteiger partial charge on any atom is 0.328 e. The third-order valence-corrected chi connectivity index (χ3v) is 6.63. The Hall–Kier alpha value is -2.59. The van der Waals surface area contributed by atoms with Crippen LogP contribution in [-0.2, 0) is 38.6 Å². The van der Waals surface area contributed by atoms with Crippen LogP contribution in [0, 0.1) is 0 Å². The van der Waals surface area contributed by atoms with Gasteiger partial charge in [-0.1, -0.05) is 36.0 Å². The van der Waals surface area contributed by atoms with Crippen LogP contribution < -0.4 is 4.90 Å². The number of methoxy groups -OCH3 is 1. The molecule has 3 heterocycles.